The van der Waals surface area contributed by atoms with Crippen LogP contribution in [0, 0.1) is 11.8 Å². The summed E-state index contributed by atoms with van der Waals surface area (Å²) < 4.78 is 1.26. The van der Waals surface area contributed by atoms with Crippen LogP contribution < -0.4 is 0 Å². The minimum atomic E-state index is 0.384. The van der Waals surface area contributed by atoms with E-state index in [1.807, 2.05) is 0 Å². The van der Waals surface area contributed by atoms with Gasteiger partial charge in [0.05, 0.1) is 0 Å². The van der Waals surface area contributed by atoms with Crippen LogP contribution >= 0.6 is 23.5 Å². The van der Waals surface area contributed by atoms with Gasteiger partial charge in [0.15, 0.2) is 5.78 Å². The van der Waals surface area contributed by atoms with Gasteiger partial charge >= 0.3 is 0 Å². The number of fused-ring (bicyclic) bond motifs is 2. The van der Waals surface area contributed by atoms with Crippen molar-refractivity contribution in [3.63, 3.8) is 0 Å². The third-order valence-electron chi connectivity index (χ3n) is 3.07. The van der Waals surface area contributed by atoms with Gasteiger partial charge in [0.25, 0.3) is 0 Å². The summed E-state index contributed by atoms with van der Waals surface area (Å²) in [4.78, 5) is 11.8. The maximum atomic E-state index is 11.8. The molecule has 0 aromatic rings. The molecule has 2 aliphatic carbocycles. The average molecular weight is 214 g/mol. The molecule has 3 heteroatoms. The van der Waals surface area contributed by atoms with Gasteiger partial charge in [-0.3, -0.25) is 4.79 Å². The number of rotatable bonds is 2. The summed E-state index contributed by atoms with van der Waals surface area (Å²) in [6, 6.07) is 0. The number of Topliss-reactive ketones (excluding diaryl/α,β-unsaturated/α-hetero) is 1. The third-order valence-corrected chi connectivity index (χ3v) is 5.25. The lowest BCUT2D eigenvalue weighted by atomic mass is 9.95. The van der Waals surface area contributed by atoms with E-state index in [9.17, 15) is 4.79 Å². The number of hydrogen-bond donors (Lipinski definition) is 0. The minimum absolute atomic E-state index is 0.384. The van der Waals surface area contributed by atoms with Gasteiger partial charge in [-0.1, -0.05) is 0 Å². The van der Waals surface area contributed by atoms with E-state index in [1.165, 1.54) is 10.7 Å². The summed E-state index contributed by atoms with van der Waals surface area (Å²) in [5, 5.41) is 0. The zero-order chi connectivity index (χ0) is 9.42. The SMILES string of the molecule is CSC(SC)=C1C(=O)[C@@H]2CC[C@H]1C2. The highest BCUT2D eigenvalue weighted by atomic mass is 32.2. The first-order valence-electron chi connectivity index (χ1n) is 4.64. The molecule has 2 fully saturated rings. The van der Waals surface area contributed by atoms with Crippen LogP contribution in [0.15, 0.2) is 9.81 Å². The molecule has 0 saturated heterocycles. The molecule has 0 spiro atoms. The third kappa shape index (κ3) is 1.46. The molecule has 0 aromatic heterocycles. The lowest BCUT2D eigenvalue weighted by molar-refractivity contribution is -0.118. The Kier molecular flexibility index (Phi) is 2.75. The predicted octanol–water partition coefficient (Wildman–Crippen LogP) is 2.92. The van der Waals surface area contributed by atoms with Crippen LogP contribution in [0.2, 0.25) is 0 Å². The van der Waals surface area contributed by atoms with E-state index in [2.05, 4.69) is 12.5 Å². The van der Waals surface area contributed by atoms with Crippen LogP contribution in [0.5, 0.6) is 0 Å². The molecule has 72 valence electrons. The fourth-order valence-corrected chi connectivity index (χ4v) is 4.11. The number of carbonyl (C=O) groups excluding carboxylic acids is 1. The predicted molar refractivity (Wildman–Crippen MR) is 59.9 cm³/mol. The Labute approximate surface area is 87.7 Å². The van der Waals surface area contributed by atoms with Gasteiger partial charge in [-0.15, -0.1) is 23.5 Å². The number of carbonyl (C=O) groups is 1. The molecule has 2 rings (SSSR count). The van der Waals surface area contributed by atoms with Crippen molar-refractivity contribution in [2.45, 2.75) is 19.3 Å². The maximum Gasteiger partial charge on any atom is 0.163 e. The van der Waals surface area contributed by atoms with Gasteiger partial charge in [-0.25, -0.2) is 0 Å². The first kappa shape index (κ1) is 9.66. The summed E-state index contributed by atoms with van der Waals surface area (Å²) in [5.41, 5.74) is 1.16. The van der Waals surface area contributed by atoms with Gasteiger partial charge < -0.3 is 0 Å². The second-order valence-corrected chi connectivity index (χ2v) is 5.57. The summed E-state index contributed by atoms with van der Waals surface area (Å²) in [7, 11) is 0. The maximum absolute atomic E-state index is 11.8. The van der Waals surface area contributed by atoms with E-state index in [-0.39, 0.29) is 0 Å². The highest BCUT2D eigenvalue weighted by molar-refractivity contribution is 8.21. The van der Waals surface area contributed by atoms with Crippen molar-refractivity contribution in [3.05, 3.63) is 9.81 Å². The summed E-state index contributed by atoms with van der Waals surface area (Å²) >= 11 is 3.46. The second kappa shape index (κ2) is 3.70. The van der Waals surface area contributed by atoms with Crippen molar-refractivity contribution in [2.75, 3.05) is 12.5 Å². The molecule has 0 aromatic carbocycles. The molecule has 0 heterocycles. The van der Waals surface area contributed by atoms with E-state index in [0.29, 0.717) is 17.6 Å². The van der Waals surface area contributed by atoms with Crippen LogP contribution in [-0.2, 0) is 4.79 Å². The average Bonchev–Trinajstić information content (AvgIpc) is 2.70. The second-order valence-electron chi connectivity index (χ2n) is 3.68. The van der Waals surface area contributed by atoms with Crippen molar-refractivity contribution in [1.82, 2.24) is 0 Å². The van der Waals surface area contributed by atoms with Crippen LogP contribution in [0.4, 0.5) is 0 Å². The lowest BCUT2D eigenvalue weighted by Gasteiger charge is -2.15. The minimum Gasteiger partial charge on any atom is -0.294 e. The molecule has 0 radical (unpaired) electrons. The molecule has 0 amide bonds. The Morgan fingerprint density at radius 3 is 2.31 bits per heavy atom. The Morgan fingerprint density at radius 1 is 1.23 bits per heavy atom. The summed E-state index contributed by atoms with van der Waals surface area (Å²) in [6.07, 6.45) is 7.66. The molecule has 0 unspecified atom stereocenters. The van der Waals surface area contributed by atoms with Gasteiger partial charge in [0.2, 0.25) is 0 Å². The van der Waals surface area contributed by atoms with E-state index >= 15 is 0 Å². The molecular formula is C10H14OS2. The zero-order valence-corrected chi connectivity index (χ0v) is 9.63. The molecule has 0 aliphatic heterocycles. The van der Waals surface area contributed by atoms with Gasteiger partial charge in [-0.2, -0.15) is 0 Å². The van der Waals surface area contributed by atoms with Crippen molar-refractivity contribution >= 4 is 29.3 Å². The van der Waals surface area contributed by atoms with Crippen molar-refractivity contribution in [1.29, 1.82) is 0 Å². The highest BCUT2D eigenvalue weighted by Crippen LogP contribution is 2.49. The fourth-order valence-electron chi connectivity index (χ4n) is 2.47. The molecule has 1 nitrogen and oxygen atoms in total. The Morgan fingerprint density at radius 2 is 1.85 bits per heavy atom. The van der Waals surface area contributed by atoms with Crippen molar-refractivity contribution < 1.29 is 4.79 Å². The molecule has 0 N–H and O–H groups in total. The number of thioether (sulfide) groups is 2. The molecule has 13 heavy (non-hydrogen) atoms. The first-order chi connectivity index (χ1) is 6.27. The largest absolute Gasteiger partial charge is 0.294 e. The number of allylic oxidation sites excluding steroid dienone is 1. The monoisotopic (exact) mass is 214 g/mol. The molecule has 2 aliphatic rings. The van der Waals surface area contributed by atoms with Gasteiger partial charge in [0.1, 0.15) is 0 Å². The van der Waals surface area contributed by atoms with E-state index < -0.39 is 0 Å². The standard InChI is InChI=1S/C10H14OS2/c1-12-10(13-2)8-6-3-4-7(5-6)9(8)11/h6-7H,3-5H2,1-2H3/t6-,7+/m0/s1. The van der Waals surface area contributed by atoms with Crippen LogP contribution in [-0.4, -0.2) is 18.3 Å². The molecular weight excluding hydrogens is 200 g/mol. The Hall–Kier alpha value is 0.110. The van der Waals surface area contributed by atoms with Crippen molar-refractivity contribution in [3.8, 4) is 0 Å². The van der Waals surface area contributed by atoms with E-state index in [0.717, 1.165) is 18.4 Å². The lowest BCUT2D eigenvalue weighted by Crippen LogP contribution is -2.13. The van der Waals surface area contributed by atoms with E-state index in [4.69, 9.17) is 0 Å². The Bertz CT molecular complexity index is 264. The molecule has 2 saturated carbocycles. The van der Waals surface area contributed by atoms with Crippen LogP contribution in [0.3, 0.4) is 0 Å². The van der Waals surface area contributed by atoms with Gasteiger partial charge in [-0.05, 0) is 37.7 Å². The molecule has 2 atom stereocenters. The van der Waals surface area contributed by atoms with Crippen LogP contribution in [0.1, 0.15) is 19.3 Å². The quantitative estimate of drug-likeness (QED) is 0.658. The smallest absolute Gasteiger partial charge is 0.163 e. The normalized spacial score (nSPS) is 31.5. The van der Waals surface area contributed by atoms with Gasteiger partial charge in [0, 0.05) is 15.7 Å². The van der Waals surface area contributed by atoms with E-state index in [1.54, 1.807) is 23.5 Å². The topological polar surface area (TPSA) is 17.1 Å². The number of ketones is 1. The fraction of sp³-hybridized carbons (Fsp3) is 0.700. The van der Waals surface area contributed by atoms with Crippen LogP contribution in [0.25, 0.3) is 0 Å². The summed E-state index contributed by atoms with van der Waals surface area (Å²) in [5.74, 6) is 1.44. The molecule has 2 bridgehead atoms. The summed E-state index contributed by atoms with van der Waals surface area (Å²) in [6.45, 7) is 0. The first-order valence-corrected chi connectivity index (χ1v) is 7.09. The highest BCUT2D eigenvalue weighted by Gasteiger charge is 2.43. The zero-order valence-electron chi connectivity index (χ0n) is 8.00. The Balaban J connectivity index is 2.33. The van der Waals surface area contributed by atoms with Crippen molar-refractivity contribution in [2.24, 2.45) is 11.8 Å². The number of hydrogen-bond acceptors (Lipinski definition) is 3.